The molecule has 0 atom stereocenters. The number of rotatable bonds is 4. The van der Waals surface area contributed by atoms with Crippen LogP contribution in [0.4, 0.5) is 5.69 Å². The summed E-state index contributed by atoms with van der Waals surface area (Å²) in [5.74, 6) is 0.0396. The summed E-state index contributed by atoms with van der Waals surface area (Å²) >= 11 is 6.00. The van der Waals surface area contributed by atoms with E-state index in [4.69, 9.17) is 11.6 Å². The normalized spacial score (nSPS) is 13.1. The molecule has 1 aromatic rings. The van der Waals surface area contributed by atoms with Gasteiger partial charge in [-0.15, -0.1) is 0 Å². The zero-order valence-corrected chi connectivity index (χ0v) is 11.9. The predicted octanol–water partition coefficient (Wildman–Crippen LogP) is 4.74. The van der Waals surface area contributed by atoms with E-state index in [0.29, 0.717) is 5.56 Å². The fourth-order valence-electron chi connectivity index (χ4n) is 1.61. The number of benzene rings is 1. The van der Waals surface area contributed by atoms with Gasteiger partial charge in [0, 0.05) is 22.0 Å². The first kappa shape index (κ1) is 14.5. The Bertz CT molecular complexity index is 511. The lowest BCUT2D eigenvalue weighted by Crippen LogP contribution is -2.06. The van der Waals surface area contributed by atoms with Gasteiger partial charge < -0.3 is 5.32 Å². The van der Waals surface area contributed by atoms with Crippen molar-refractivity contribution in [2.24, 2.45) is 0 Å². The minimum absolute atomic E-state index is 0.0396. The van der Waals surface area contributed by atoms with Crippen LogP contribution in [0.15, 0.2) is 46.6 Å². The van der Waals surface area contributed by atoms with Crippen LogP contribution in [0.3, 0.4) is 0 Å². The van der Waals surface area contributed by atoms with E-state index >= 15 is 0 Å². The molecule has 3 heteroatoms. The Balaban J connectivity index is 3.12. The third-order valence-electron chi connectivity index (χ3n) is 2.79. The summed E-state index contributed by atoms with van der Waals surface area (Å²) in [6.45, 7) is 7.29. The number of anilines is 1. The van der Waals surface area contributed by atoms with Crippen LogP contribution in [0.25, 0.3) is 0 Å². The van der Waals surface area contributed by atoms with Crippen LogP contribution < -0.4 is 5.32 Å². The molecule has 0 radical (unpaired) electrons. The number of allylic oxidation sites excluding steroid dienone is 3. The van der Waals surface area contributed by atoms with Crippen LogP contribution in [-0.2, 0) is 0 Å². The Morgan fingerprint density at radius 1 is 1.22 bits per heavy atom. The molecule has 1 aromatic carbocycles. The van der Waals surface area contributed by atoms with Crippen molar-refractivity contribution in [3.63, 3.8) is 0 Å². The maximum atomic E-state index is 11.5. The summed E-state index contributed by atoms with van der Waals surface area (Å²) in [6.07, 6.45) is 1.94. The number of ketones is 1. The van der Waals surface area contributed by atoms with Gasteiger partial charge in [0.2, 0.25) is 0 Å². The van der Waals surface area contributed by atoms with Crippen LogP contribution in [0.2, 0.25) is 0 Å². The van der Waals surface area contributed by atoms with Crippen molar-refractivity contribution in [2.45, 2.75) is 27.7 Å². The minimum atomic E-state index is 0.0396. The highest BCUT2D eigenvalue weighted by Crippen LogP contribution is 2.23. The molecule has 0 spiro atoms. The van der Waals surface area contributed by atoms with Crippen molar-refractivity contribution in [1.82, 2.24) is 0 Å². The first-order chi connectivity index (χ1) is 8.47. The second kappa shape index (κ2) is 6.41. The molecular formula is C15H18ClNO. The monoisotopic (exact) mass is 263 g/mol. The van der Waals surface area contributed by atoms with Gasteiger partial charge in [0.1, 0.15) is 0 Å². The van der Waals surface area contributed by atoms with Crippen LogP contribution in [-0.4, -0.2) is 5.78 Å². The molecule has 96 valence electrons. The largest absolute Gasteiger partial charge is 0.355 e. The van der Waals surface area contributed by atoms with Crippen LogP contribution in [0.5, 0.6) is 0 Å². The summed E-state index contributed by atoms with van der Waals surface area (Å²) in [6, 6.07) is 7.45. The Morgan fingerprint density at radius 2 is 1.83 bits per heavy atom. The quantitative estimate of drug-likeness (QED) is 0.628. The van der Waals surface area contributed by atoms with Gasteiger partial charge >= 0.3 is 0 Å². The molecule has 0 bridgehead atoms. The first-order valence-corrected chi connectivity index (χ1v) is 6.21. The molecule has 0 aliphatic rings. The smallest absolute Gasteiger partial charge is 0.161 e. The van der Waals surface area contributed by atoms with Gasteiger partial charge in [-0.3, -0.25) is 4.79 Å². The lowest BCUT2D eigenvalue weighted by molar-refractivity contribution is 0.101. The number of para-hydroxylation sites is 1. The van der Waals surface area contributed by atoms with Gasteiger partial charge in [-0.25, -0.2) is 0 Å². The number of halogens is 1. The number of hydrogen-bond acceptors (Lipinski definition) is 2. The van der Waals surface area contributed by atoms with Gasteiger partial charge in [-0.05, 0) is 45.4 Å². The number of carbonyl (C=O) groups excluding carboxylic acids is 1. The molecule has 1 N–H and O–H groups in total. The highest BCUT2D eigenvalue weighted by atomic mass is 35.5. The van der Waals surface area contributed by atoms with E-state index in [2.05, 4.69) is 5.32 Å². The Labute approximate surface area is 113 Å². The lowest BCUT2D eigenvalue weighted by atomic mass is 10.1. The van der Waals surface area contributed by atoms with Crippen molar-refractivity contribution in [2.75, 3.05) is 5.32 Å². The Hall–Kier alpha value is -1.54. The van der Waals surface area contributed by atoms with E-state index in [1.54, 1.807) is 6.92 Å². The Kier molecular flexibility index (Phi) is 5.17. The molecule has 0 unspecified atom stereocenters. The van der Waals surface area contributed by atoms with Crippen molar-refractivity contribution < 1.29 is 4.79 Å². The predicted molar refractivity (Wildman–Crippen MR) is 78.1 cm³/mol. The van der Waals surface area contributed by atoms with Crippen molar-refractivity contribution in [3.05, 3.63) is 52.2 Å². The molecule has 0 saturated heterocycles. The standard InChI is InChI=1S/C15H18ClNO/c1-5-14(10(2)11(3)16)17-15-9-7-6-8-13(15)12(4)18/h5-9,17H,1-4H3/b11-10+,14-5+. The van der Waals surface area contributed by atoms with Crippen molar-refractivity contribution in [3.8, 4) is 0 Å². The maximum Gasteiger partial charge on any atom is 0.161 e. The minimum Gasteiger partial charge on any atom is -0.355 e. The van der Waals surface area contributed by atoms with Gasteiger partial charge in [0.05, 0.1) is 0 Å². The number of Topliss-reactive ketones (excluding diaryl/α,β-unsaturated/α-hetero) is 1. The van der Waals surface area contributed by atoms with E-state index in [-0.39, 0.29) is 5.78 Å². The molecule has 0 aliphatic heterocycles. The summed E-state index contributed by atoms with van der Waals surface area (Å²) in [5.41, 5.74) is 3.36. The second-order valence-electron chi connectivity index (χ2n) is 4.09. The number of nitrogens with one attached hydrogen (secondary N) is 1. The van der Waals surface area contributed by atoms with Crippen molar-refractivity contribution in [1.29, 1.82) is 0 Å². The molecule has 0 fully saturated rings. The van der Waals surface area contributed by atoms with Gasteiger partial charge in [-0.1, -0.05) is 29.8 Å². The highest BCUT2D eigenvalue weighted by Gasteiger charge is 2.08. The molecule has 2 nitrogen and oxygen atoms in total. The average Bonchev–Trinajstić information content (AvgIpc) is 2.35. The van der Waals surface area contributed by atoms with Crippen LogP contribution in [0, 0.1) is 0 Å². The first-order valence-electron chi connectivity index (χ1n) is 5.84. The summed E-state index contributed by atoms with van der Waals surface area (Å²) < 4.78 is 0. The second-order valence-corrected chi connectivity index (χ2v) is 4.65. The van der Waals surface area contributed by atoms with E-state index in [1.165, 1.54) is 0 Å². The van der Waals surface area contributed by atoms with Crippen LogP contribution in [0.1, 0.15) is 38.1 Å². The average molecular weight is 264 g/mol. The molecule has 0 heterocycles. The summed E-state index contributed by atoms with van der Waals surface area (Å²) in [7, 11) is 0. The maximum absolute atomic E-state index is 11.5. The molecule has 18 heavy (non-hydrogen) atoms. The molecule has 0 aliphatic carbocycles. The molecular weight excluding hydrogens is 246 g/mol. The SMILES string of the molecule is C/C=C(Nc1ccccc1C(C)=O)\C(C)=C(/C)Cl. The topological polar surface area (TPSA) is 29.1 Å². The number of hydrogen-bond donors (Lipinski definition) is 1. The molecule has 1 rings (SSSR count). The van der Waals surface area contributed by atoms with Crippen LogP contribution >= 0.6 is 11.6 Å². The van der Waals surface area contributed by atoms with E-state index < -0.39 is 0 Å². The van der Waals surface area contributed by atoms with Crippen molar-refractivity contribution >= 4 is 23.1 Å². The molecule has 0 aromatic heterocycles. The van der Waals surface area contributed by atoms with E-state index in [1.807, 2.05) is 51.1 Å². The Morgan fingerprint density at radius 3 is 2.33 bits per heavy atom. The van der Waals surface area contributed by atoms with Gasteiger partial charge in [-0.2, -0.15) is 0 Å². The molecule has 0 saturated carbocycles. The summed E-state index contributed by atoms with van der Waals surface area (Å²) in [4.78, 5) is 11.5. The molecule has 0 amide bonds. The van der Waals surface area contributed by atoms with Gasteiger partial charge in [0.15, 0.2) is 5.78 Å². The fourth-order valence-corrected chi connectivity index (χ4v) is 1.71. The zero-order chi connectivity index (χ0) is 13.7. The van der Waals surface area contributed by atoms with E-state index in [9.17, 15) is 4.79 Å². The third kappa shape index (κ3) is 3.47. The van der Waals surface area contributed by atoms with E-state index in [0.717, 1.165) is 22.0 Å². The highest BCUT2D eigenvalue weighted by molar-refractivity contribution is 6.29. The zero-order valence-electron chi connectivity index (χ0n) is 11.2. The summed E-state index contributed by atoms with van der Waals surface area (Å²) in [5, 5.41) is 3.99. The van der Waals surface area contributed by atoms with Gasteiger partial charge in [0.25, 0.3) is 0 Å². The third-order valence-corrected chi connectivity index (χ3v) is 3.07. The fraction of sp³-hybridized carbons (Fsp3) is 0.267. The number of carbonyl (C=O) groups is 1. The lowest BCUT2D eigenvalue weighted by Gasteiger charge is -2.14.